The molecule has 11 rings (SSSR count). The number of phenols is 1. The van der Waals surface area contributed by atoms with Crippen molar-refractivity contribution >= 4 is 11.6 Å². The summed E-state index contributed by atoms with van der Waals surface area (Å²) in [5, 5.41) is 80.9. The number of benzene rings is 3. The van der Waals surface area contributed by atoms with E-state index in [1.807, 2.05) is 112 Å². The summed E-state index contributed by atoms with van der Waals surface area (Å²) in [6.07, 6.45) is 14.4. The number of rotatable bonds is 22. The van der Waals surface area contributed by atoms with Crippen molar-refractivity contribution in [3.05, 3.63) is 179 Å². The standard InChI is InChI=1S/C26H26N6O2.C25H24N6O2.C21H22ClN5O2/c1-17-11-20(13-22(12-17)34-3)25-23(16-32(31-25)10-8-27)24-14-21(7-6-18(2)33)29-26(30-24)19-5-4-9-28-15-19;1-16-10-19(12-21(33)11-16)24-22(15-31(30-24)9-7-26)23-13-20(6-5-17(2)32)28-25(29-23)18-4-3-8-27-14-18;1-13-8-15(10-17(9-13)29-3)20-18(12-27(26-20)7-6-23)19-11-16(5-4-14(2)28)24-21(22)25-19/h4-5,9,11-16,18,33H,6-7,10H2,1-3H3;3-4,8,10-15,17,32-33H,5-6,9H2,1-2H3;8-12,14,28H,4-5,7H2,1-3H3/t18-;17-;14-/m000/s1. The molecule has 3 atom stereocenters. The number of phenolic OH excluding ortho intramolecular Hbond substituents is 1. The molecule has 0 saturated heterocycles. The number of aryl methyl sites for hydroxylation is 6. The number of hydrogen-bond donors (Lipinski definition) is 4. The van der Waals surface area contributed by atoms with Gasteiger partial charge in [-0.05, 0) is 205 Å². The zero-order valence-corrected chi connectivity index (χ0v) is 55.2. The van der Waals surface area contributed by atoms with Crippen LogP contribution in [0, 0.1) is 54.8 Å². The Labute approximate surface area is 561 Å². The van der Waals surface area contributed by atoms with Gasteiger partial charge in [0.15, 0.2) is 11.6 Å². The van der Waals surface area contributed by atoms with Gasteiger partial charge in [-0.2, -0.15) is 31.1 Å². The second kappa shape index (κ2) is 32.6. The number of aliphatic hydroxyl groups excluding tert-OH is 3. The molecule has 0 saturated carbocycles. The fourth-order valence-electron chi connectivity index (χ4n) is 10.4. The van der Waals surface area contributed by atoms with Gasteiger partial charge < -0.3 is 29.9 Å². The van der Waals surface area contributed by atoms with Crippen LogP contribution in [0.2, 0.25) is 5.28 Å². The molecule has 24 heteroatoms. The first kappa shape index (κ1) is 69.2. The Balaban J connectivity index is 0.000000170. The van der Waals surface area contributed by atoms with E-state index in [0.29, 0.717) is 84.3 Å². The lowest BCUT2D eigenvalue weighted by Crippen LogP contribution is -2.05. The summed E-state index contributed by atoms with van der Waals surface area (Å²) in [7, 11) is 3.25. The Bertz CT molecular complexity index is 4590. The highest BCUT2D eigenvalue weighted by Gasteiger charge is 2.22. The van der Waals surface area contributed by atoms with E-state index in [1.165, 1.54) is 0 Å². The molecule has 23 nitrogen and oxygen atoms in total. The summed E-state index contributed by atoms with van der Waals surface area (Å²) in [5.74, 6) is 2.66. The van der Waals surface area contributed by atoms with Crippen LogP contribution >= 0.6 is 11.6 Å². The Kier molecular flexibility index (Phi) is 23.5. The lowest BCUT2D eigenvalue weighted by Gasteiger charge is -2.10. The molecule has 8 aromatic heterocycles. The summed E-state index contributed by atoms with van der Waals surface area (Å²) in [4.78, 5) is 36.1. The van der Waals surface area contributed by atoms with Gasteiger partial charge in [-0.3, -0.25) is 24.0 Å². The molecule has 0 bridgehead atoms. The number of ether oxygens (including phenoxy) is 2. The molecular formula is C72H72ClN17O6. The van der Waals surface area contributed by atoms with Crippen molar-refractivity contribution < 1.29 is 29.9 Å². The zero-order valence-electron chi connectivity index (χ0n) is 54.5. The predicted molar refractivity (Wildman–Crippen MR) is 363 cm³/mol. The van der Waals surface area contributed by atoms with Crippen LogP contribution in [0.5, 0.6) is 17.2 Å². The molecular weight excluding hydrogens is 1230 g/mol. The maximum atomic E-state index is 10.1. The van der Waals surface area contributed by atoms with Gasteiger partial charge in [0.2, 0.25) is 5.28 Å². The third-order valence-corrected chi connectivity index (χ3v) is 15.0. The molecule has 8 heterocycles. The summed E-state index contributed by atoms with van der Waals surface area (Å²) >= 11 is 6.17. The van der Waals surface area contributed by atoms with E-state index in [-0.39, 0.29) is 30.7 Å². The highest BCUT2D eigenvalue weighted by atomic mass is 35.5. The smallest absolute Gasteiger partial charge is 0.223 e. The first-order valence-electron chi connectivity index (χ1n) is 30.9. The maximum Gasteiger partial charge on any atom is 0.223 e. The number of hydrogen-bond acceptors (Lipinski definition) is 20. The molecule has 96 heavy (non-hydrogen) atoms. The van der Waals surface area contributed by atoms with Crippen LogP contribution in [-0.2, 0) is 38.9 Å². The number of halogens is 1. The molecule has 0 spiro atoms. The van der Waals surface area contributed by atoms with Crippen molar-refractivity contribution in [3.8, 4) is 126 Å². The van der Waals surface area contributed by atoms with Crippen LogP contribution in [0.1, 0.15) is 73.8 Å². The minimum atomic E-state index is -0.450. The normalized spacial score (nSPS) is 11.8. The van der Waals surface area contributed by atoms with Crippen molar-refractivity contribution in [1.29, 1.82) is 15.8 Å². The summed E-state index contributed by atoms with van der Waals surface area (Å²) in [6.45, 7) is 11.4. The maximum absolute atomic E-state index is 10.1. The first-order valence-corrected chi connectivity index (χ1v) is 31.3. The predicted octanol–water partition coefficient (Wildman–Crippen LogP) is 12.0. The third-order valence-electron chi connectivity index (χ3n) is 14.9. The van der Waals surface area contributed by atoms with Crippen LogP contribution in [0.4, 0.5) is 0 Å². The van der Waals surface area contributed by atoms with Crippen LogP contribution in [0.25, 0.3) is 90.3 Å². The fraction of sp³-hybridized carbons (Fsp3) is 0.278. The number of nitrogens with zero attached hydrogens (tertiary/aromatic N) is 17. The quantitative estimate of drug-likeness (QED) is 0.0458. The SMILES string of the molecule is COc1cc(C)cc(-c2nn(CC#N)cc2-c2cc(CC[C@H](C)O)nc(-c3cccnc3)n2)c1.COc1cc(C)cc(-c2nn(CC#N)cc2-c2cc(CC[C@H](C)O)nc(Cl)n2)c1.Cc1cc(O)cc(-c2nn(CC#N)cc2-c2cc(CC[C@H](C)O)nc(-c3cccnc3)n2)c1. The second-order valence-electron chi connectivity index (χ2n) is 23.1. The monoisotopic (exact) mass is 1310 g/mol. The number of aromatic nitrogens is 14. The molecule has 0 fully saturated rings. The Morgan fingerprint density at radius 2 is 0.833 bits per heavy atom. The van der Waals surface area contributed by atoms with Gasteiger partial charge in [0.05, 0.1) is 67.8 Å². The highest BCUT2D eigenvalue weighted by molar-refractivity contribution is 6.28. The number of aliphatic hydroxyl groups is 3. The van der Waals surface area contributed by atoms with E-state index < -0.39 is 18.3 Å². The van der Waals surface area contributed by atoms with Gasteiger partial charge in [0.1, 0.15) is 54.0 Å². The lowest BCUT2D eigenvalue weighted by atomic mass is 10.0. The van der Waals surface area contributed by atoms with E-state index >= 15 is 0 Å². The molecule has 0 aliphatic heterocycles. The first-order chi connectivity index (χ1) is 46.3. The van der Waals surface area contributed by atoms with Crippen LogP contribution in [0.3, 0.4) is 0 Å². The van der Waals surface area contributed by atoms with Crippen molar-refractivity contribution in [2.45, 2.75) is 118 Å². The molecule has 0 aliphatic carbocycles. The number of methoxy groups -OCH3 is 2. The highest BCUT2D eigenvalue weighted by Crippen LogP contribution is 2.38. The topological polar surface area (TPSA) is 327 Å². The Morgan fingerprint density at radius 3 is 1.18 bits per heavy atom. The van der Waals surface area contributed by atoms with E-state index in [4.69, 9.17) is 51.4 Å². The van der Waals surface area contributed by atoms with E-state index in [9.17, 15) is 30.9 Å². The van der Waals surface area contributed by atoms with Gasteiger partial charge in [0, 0.05) is 105 Å². The van der Waals surface area contributed by atoms with Crippen LogP contribution in [0.15, 0.2) is 140 Å². The van der Waals surface area contributed by atoms with E-state index in [0.717, 1.165) is 89.8 Å². The van der Waals surface area contributed by atoms with Crippen molar-refractivity contribution in [2.75, 3.05) is 14.2 Å². The summed E-state index contributed by atoms with van der Waals surface area (Å²) < 4.78 is 15.6. The molecule has 3 aromatic carbocycles. The van der Waals surface area contributed by atoms with E-state index in [2.05, 4.69) is 48.3 Å². The Hall–Kier alpha value is -11.1. The lowest BCUT2D eigenvalue weighted by molar-refractivity contribution is 0.184. The second-order valence-corrected chi connectivity index (χ2v) is 23.4. The summed E-state index contributed by atoms with van der Waals surface area (Å²) in [5.41, 5.74) is 15.5. The van der Waals surface area contributed by atoms with Gasteiger partial charge in [-0.25, -0.2) is 29.9 Å². The number of nitriles is 3. The number of aromatic hydroxyl groups is 1. The largest absolute Gasteiger partial charge is 0.508 e. The Morgan fingerprint density at radius 1 is 0.469 bits per heavy atom. The molecule has 0 aliphatic rings. The minimum absolute atomic E-state index is 0.0836. The van der Waals surface area contributed by atoms with Gasteiger partial charge in [-0.1, -0.05) is 0 Å². The molecule has 0 unspecified atom stereocenters. The van der Waals surface area contributed by atoms with Gasteiger partial charge >= 0.3 is 0 Å². The average molecular weight is 1310 g/mol. The molecule has 488 valence electrons. The van der Waals surface area contributed by atoms with Crippen molar-refractivity contribution in [1.82, 2.24) is 69.2 Å². The minimum Gasteiger partial charge on any atom is -0.508 e. The van der Waals surface area contributed by atoms with Gasteiger partial charge in [0.25, 0.3) is 0 Å². The molecule has 0 amide bonds. The molecule has 0 radical (unpaired) electrons. The molecule has 4 N–H and O–H groups in total. The van der Waals surface area contributed by atoms with E-state index in [1.54, 1.807) is 98.4 Å². The number of pyridine rings is 2. The average Bonchev–Trinajstić information content (AvgIpc) is 1.61. The molecule has 11 aromatic rings. The zero-order chi connectivity index (χ0) is 68.4. The third kappa shape index (κ3) is 18.6. The van der Waals surface area contributed by atoms with Crippen molar-refractivity contribution in [3.63, 3.8) is 0 Å². The van der Waals surface area contributed by atoms with Gasteiger partial charge in [-0.15, -0.1) is 0 Å². The summed E-state index contributed by atoms with van der Waals surface area (Å²) in [6, 6.07) is 36.5. The fourth-order valence-corrected chi connectivity index (χ4v) is 10.6. The van der Waals surface area contributed by atoms with Crippen LogP contribution in [-0.4, -0.2) is 122 Å². The van der Waals surface area contributed by atoms with Crippen molar-refractivity contribution in [2.24, 2.45) is 0 Å². The van der Waals surface area contributed by atoms with Crippen LogP contribution < -0.4 is 9.47 Å².